The fourth-order valence-electron chi connectivity index (χ4n) is 5.18. The molecule has 0 radical (unpaired) electrons. The van der Waals surface area contributed by atoms with Gasteiger partial charge in [0.15, 0.2) is 0 Å². The molecule has 7 nitrogen and oxygen atoms in total. The third kappa shape index (κ3) is 7.25. The molecule has 1 fully saturated rings. The van der Waals surface area contributed by atoms with Gasteiger partial charge in [0.05, 0.1) is 19.3 Å². The van der Waals surface area contributed by atoms with E-state index in [-0.39, 0.29) is 19.0 Å². The first kappa shape index (κ1) is 27.0. The smallest absolute Gasteiger partial charge is 0.329 e. The summed E-state index contributed by atoms with van der Waals surface area (Å²) in [5, 5.41) is 33.3. The van der Waals surface area contributed by atoms with Crippen LogP contribution in [0.5, 0.6) is 0 Å². The molecule has 3 N–H and O–H groups in total. The maximum atomic E-state index is 14.3. The molecule has 1 atom stereocenters. The highest BCUT2D eigenvalue weighted by atomic mass is 19.1. The van der Waals surface area contributed by atoms with Gasteiger partial charge in [-0.3, -0.25) is 4.68 Å². The van der Waals surface area contributed by atoms with Crippen LogP contribution in [0, 0.1) is 17.7 Å². The van der Waals surface area contributed by atoms with Crippen LogP contribution in [0.2, 0.25) is 0 Å². The number of carboxylic acid groups (broad SMARTS) is 1. The summed E-state index contributed by atoms with van der Waals surface area (Å²) >= 11 is 0. The Balaban J connectivity index is 1.62. The van der Waals surface area contributed by atoms with Crippen molar-refractivity contribution < 1.29 is 29.2 Å². The van der Waals surface area contributed by atoms with Crippen LogP contribution < -0.4 is 0 Å². The molecule has 1 saturated carbocycles. The predicted molar refractivity (Wildman–Crippen MR) is 138 cm³/mol. The second-order valence-corrected chi connectivity index (χ2v) is 9.90. The van der Waals surface area contributed by atoms with Crippen LogP contribution in [0.4, 0.5) is 4.39 Å². The second-order valence-electron chi connectivity index (χ2n) is 9.90. The Bertz CT molecular complexity index is 1160. The number of aromatic nitrogens is 2. The van der Waals surface area contributed by atoms with Crippen LogP contribution >= 0.6 is 0 Å². The van der Waals surface area contributed by atoms with Crippen molar-refractivity contribution in [1.29, 1.82) is 0 Å². The van der Waals surface area contributed by atoms with Crippen molar-refractivity contribution in [1.82, 2.24) is 9.78 Å². The molecule has 1 aromatic heterocycles. The highest BCUT2D eigenvalue weighted by Gasteiger charge is 2.26. The molecule has 1 aliphatic carbocycles. The lowest BCUT2D eigenvalue weighted by Crippen LogP contribution is -2.24. The first-order valence-corrected chi connectivity index (χ1v) is 12.9. The third-order valence-corrected chi connectivity index (χ3v) is 7.12. The van der Waals surface area contributed by atoms with E-state index in [4.69, 9.17) is 14.9 Å². The minimum atomic E-state index is -0.950. The number of aliphatic carboxylic acids is 1. The minimum absolute atomic E-state index is 0.263. The number of benzene rings is 2. The Labute approximate surface area is 216 Å². The van der Waals surface area contributed by atoms with Gasteiger partial charge in [-0.25, -0.2) is 9.18 Å². The van der Waals surface area contributed by atoms with E-state index in [9.17, 15) is 19.4 Å². The van der Waals surface area contributed by atoms with E-state index < -0.39 is 12.1 Å². The number of carboxylic acids is 1. The summed E-state index contributed by atoms with van der Waals surface area (Å²) in [5.74, 6) is -0.528. The number of halogens is 1. The van der Waals surface area contributed by atoms with E-state index in [1.165, 1.54) is 12.1 Å². The first-order valence-electron chi connectivity index (χ1n) is 12.9. The first-order chi connectivity index (χ1) is 17.9. The van der Waals surface area contributed by atoms with Crippen LogP contribution in [-0.4, -0.2) is 57.0 Å². The zero-order valence-electron chi connectivity index (χ0n) is 20.9. The molecule has 2 aromatic carbocycles. The fourth-order valence-corrected chi connectivity index (χ4v) is 5.18. The van der Waals surface area contributed by atoms with Crippen LogP contribution in [0.15, 0.2) is 54.6 Å². The normalized spacial score (nSPS) is 18.6. The lowest BCUT2D eigenvalue weighted by Gasteiger charge is -2.28. The van der Waals surface area contributed by atoms with Crippen molar-refractivity contribution in [3.8, 4) is 22.4 Å². The molecule has 3 aromatic rings. The van der Waals surface area contributed by atoms with Crippen molar-refractivity contribution in [2.24, 2.45) is 11.8 Å². The largest absolute Gasteiger partial charge is 0.480 e. The summed E-state index contributed by atoms with van der Waals surface area (Å²) in [5.41, 5.74) is 4.22. The quantitative estimate of drug-likeness (QED) is 0.330. The summed E-state index contributed by atoms with van der Waals surface area (Å²) in [4.78, 5) is 10.7. The molecule has 0 spiro atoms. The van der Waals surface area contributed by atoms with E-state index >= 15 is 0 Å². The number of ether oxygens (including phenoxy) is 1. The monoisotopic (exact) mass is 510 g/mol. The Kier molecular flexibility index (Phi) is 9.44. The van der Waals surface area contributed by atoms with E-state index in [0.717, 1.165) is 53.8 Å². The number of hydrogen-bond donors (Lipinski definition) is 3. The van der Waals surface area contributed by atoms with E-state index in [0.29, 0.717) is 37.8 Å². The molecule has 8 heteroatoms. The van der Waals surface area contributed by atoms with Gasteiger partial charge >= 0.3 is 5.97 Å². The van der Waals surface area contributed by atoms with Gasteiger partial charge in [-0.15, -0.1) is 0 Å². The molecule has 0 unspecified atom stereocenters. The highest BCUT2D eigenvalue weighted by molar-refractivity contribution is 5.82. The Morgan fingerprint density at radius 1 is 1.05 bits per heavy atom. The molecule has 0 bridgehead atoms. The van der Waals surface area contributed by atoms with Crippen molar-refractivity contribution in [2.75, 3.05) is 19.8 Å². The van der Waals surface area contributed by atoms with Crippen molar-refractivity contribution in [3.63, 3.8) is 0 Å². The van der Waals surface area contributed by atoms with Gasteiger partial charge in [-0.2, -0.15) is 5.10 Å². The van der Waals surface area contributed by atoms with Crippen molar-refractivity contribution in [3.05, 3.63) is 66.1 Å². The number of nitrogens with zero attached hydrogens (tertiary/aromatic N) is 2. The van der Waals surface area contributed by atoms with Gasteiger partial charge in [0.1, 0.15) is 18.1 Å². The summed E-state index contributed by atoms with van der Waals surface area (Å²) in [6.45, 7) is 0.583. The number of aliphatic hydroxyl groups is 2. The number of hydrogen-bond acceptors (Lipinski definition) is 5. The average molecular weight is 511 g/mol. The van der Waals surface area contributed by atoms with Gasteiger partial charge in [-0.1, -0.05) is 42.5 Å². The SMILES string of the molecule is O=C(O)COC[C@H]1CC[C@H](Cn2nc(-c3ccccc3)c(-c3cccc(F)c3)c2CC[C@H](O)CO)CC1. The van der Waals surface area contributed by atoms with E-state index in [1.54, 1.807) is 6.07 Å². The summed E-state index contributed by atoms with van der Waals surface area (Å²) in [6, 6.07) is 16.3. The zero-order valence-corrected chi connectivity index (χ0v) is 20.9. The van der Waals surface area contributed by atoms with Crippen LogP contribution in [-0.2, 0) is 22.5 Å². The molecule has 0 saturated heterocycles. The Hall–Kier alpha value is -3.07. The van der Waals surface area contributed by atoms with E-state index in [2.05, 4.69) is 0 Å². The van der Waals surface area contributed by atoms with Gasteiger partial charge < -0.3 is 20.1 Å². The standard InChI is InChI=1S/C29H35FN2O5/c30-24-8-4-7-23(15-24)28-26(14-13-25(34)17-33)32(31-29(28)22-5-2-1-3-6-22)16-20-9-11-21(12-10-20)18-37-19-27(35)36/h1-8,15,20-21,25,33-34H,9-14,16-19H2,(H,35,36)/t20-,21-,25-/m0/s1. The number of rotatable bonds is 12. The summed E-state index contributed by atoms with van der Waals surface area (Å²) in [7, 11) is 0. The molecule has 37 heavy (non-hydrogen) atoms. The van der Waals surface area contributed by atoms with Gasteiger partial charge in [0, 0.05) is 23.4 Å². The third-order valence-electron chi connectivity index (χ3n) is 7.12. The topological polar surface area (TPSA) is 105 Å². The van der Waals surface area contributed by atoms with Crippen molar-refractivity contribution in [2.45, 2.75) is 51.2 Å². The van der Waals surface area contributed by atoms with Gasteiger partial charge in [0.2, 0.25) is 0 Å². The second kappa shape index (κ2) is 12.9. The Morgan fingerprint density at radius 3 is 2.43 bits per heavy atom. The molecule has 1 heterocycles. The minimum Gasteiger partial charge on any atom is -0.480 e. The molecule has 4 rings (SSSR count). The van der Waals surface area contributed by atoms with Gasteiger partial charge in [0.25, 0.3) is 0 Å². The van der Waals surface area contributed by atoms with Gasteiger partial charge in [-0.05, 0) is 68.1 Å². The average Bonchev–Trinajstić information content (AvgIpc) is 3.26. The van der Waals surface area contributed by atoms with E-state index in [1.807, 2.05) is 41.1 Å². The highest BCUT2D eigenvalue weighted by Crippen LogP contribution is 2.37. The lowest BCUT2D eigenvalue weighted by atomic mass is 9.82. The molecule has 198 valence electrons. The van der Waals surface area contributed by atoms with Crippen molar-refractivity contribution >= 4 is 5.97 Å². The van der Waals surface area contributed by atoms with Crippen LogP contribution in [0.25, 0.3) is 22.4 Å². The maximum absolute atomic E-state index is 14.3. The zero-order chi connectivity index (χ0) is 26.2. The summed E-state index contributed by atoms with van der Waals surface area (Å²) in [6.07, 6.45) is 3.91. The Morgan fingerprint density at radius 2 is 1.76 bits per heavy atom. The molecule has 1 aliphatic rings. The lowest BCUT2D eigenvalue weighted by molar-refractivity contribution is -0.142. The fraction of sp³-hybridized carbons (Fsp3) is 0.448. The summed E-state index contributed by atoms with van der Waals surface area (Å²) < 4.78 is 21.6. The van der Waals surface area contributed by atoms with Crippen LogP contribution in [0.3, 0.4) is 0 Å². The van der Waals surface area contributed by atoms with Crippen LogP contribution in [0.1, 0.15) is 37.8 Å². The maximum Gasteiger partial charge on any atom is 0.329 e. The number of aliphatic hydroxyl groups excluding tert-OH is 2. The molecule has 0 amide bonds. The molecular formula is C29H35FN2O5. The number of carbonyl (C=O) groups is 1. The molecular weight excluding hydrogens is 475 g/mol. The molecule has 0 aliphatic heterocycles. The predicted octanol–water partition coefficient (Wildman–Crippen LogP) is 4.55.